The number of esters is 1. The maximum absolute atomic E-state index is 13.8. The van der Waals surface area contributed by atoms with E-state index in [-0.39, 0.29) is 17.9 Å². The van der Waals surface area contributed by atoms with Crippen LogP contribution in [0.15, 0.2) is 18.2 Å². The molecule has 1 aromatic carbocycles. The van der Waals surface area contributed by atoms with Crippen molar-refractivity contribution in [1.82, 2.24) is 0 Å². The van der Waals surface area contributed by atoms with Gasteiger partial charge in [0.05, 0.1) is 20.8 Å². The average Bonchev–Trinajstić information content (AvgIpc) is 2.45. The molecule has 2 N–H and O–H groups in total. The SMILES string of the molecule is CCOC(=O)C(F)(F)[C@@H](N)c1ccc(OC)c(OC)c1. The molecule has 1 atom stereocenters. The van der Waals surface area contributed by atoms with Crippen molar-refractivity contribution in [2.45, 2.75) is 18.9 Å². The predicted octanol–water partition coefficient (Wildman–Crippen LogP) is 1.90. The van der Waals surface area contributed by atoms with E-state index >= 15 is 0 Å². The van der Waals surface area contributed by atoms with Crippen LogP contribution >= 0.6 is 0 Å². The van der Waals surface area contributed by atoms with Gasteiger partial charge in [0.15, 0.2) is 11.5 Å². The first-order valence-corrected chi connectivity index (χ1v) is 5.91. The van der Waals surface area contributed by atoms with Crippen molar-refractivity contribution in [2.24, 2.45) is 5.73 Å². The van der Waals surface area contributed by atoms with Crippen LogP contribution in [0.4, 0.5) is 8.78 Å². The van der Waals surface area contributed by atoms with Crippen molar-refractivity contribution in [1.29, 1.82) is 0 Å². The standard InChI is InChI=1S/C13H17F2NO4/c1-4-20-12(17)13(14,15)11(16)8-5-6-9(18-2)10(7-8)19-3/h5-7,11H,4,16H2,1-3H3/t11-/m0/s1. The topological polar surface area (TPSA) is 70.8 Å². The summed E-state index contributed by atoms with van der Waals surface area (Å²) in [6.45, 7) is 1.29. The second-order valence-electron chi connectivity index (χ2n) is 3.94. The van der Waals surface area contributed by atoms with Gasteiger partial charge >= 0.3 is 11.9 Å². The van der Waals surface area contributed by atoms with Gasteiger partial charge in [0.1, 0.15) is 6.04 Å². The number of nitrogens with two attached hydrogens (primary N) is 1. The summed E-state index contributed by atoms with van der Waals surface area (Å²) in [4.78, 5) is 11.2. The van der Waals surface area contributed by atoms with Gasteiger partial charge < -0.3 is 19.9 Å². The lowest BCUT2D eigenvalue weighted by atomic mass is 10.0. The summed E-state index contributed by atoms with van der Waals surface area (Å²) >= 11 is 0. The van der Waals surface area contributed by atoms with E-state index in [1.165, 1.54) is 39.3 Å². The number of methoxy groups -OCH3 is 2. The molecule has 0 saturated carbocycles. The number of halogens is 2. The van der Waals surface area contributed by atoms with Gasteiger partial charge in [-0.1, -0.05) is 6.07 Å². The molecular formula is C13H17F2NO4. The number of hydrogen-bond acceptors (Lipinski definition) is 5. The fraction of sp³-hybridized carbons (Fsp3) is 0.462. The van der Waals surface area contributed by atoms with Crippen LogP contribution in [0.5, 0.6) is 11.5 Å². The zero-order valence-corrected chi connectivity index (χ0v) is 11.5. The van der Waals surface area contributed by atoms with Crippen molar-refractivity contribution in [2.75, 3.05) is 20.8 Å². The molecule has 0 heterocycles. The van der Waals surface area contributed by atoms with E-state index in [2.05, 4.69) is 4.74 Å². The highest BCUT2D eigenvalue weighted by Crippen LogP contribution is 2.35. The minimum atomic E-state index is -3.82. The summed E-state index contributed by atoms with van der Waals surface area (Å²) < 4.78 is 42.0. The highest BCUT2D eigenvalue weighted by atomic mass is 19.3. The molecule has 0 aliphatic heterocycles. The molecule has 1 aromatic rings. The van der Waals surface area contributed by atoms with E-state index in [9.17, 15) is 13.6 Å². The van der Waals surface area contributed by atoms with Crippen LogP contribution in [-0.2, 0) is 9.53 Å². The summed E-state index contributed by atoms with van der Waals surface area (Å²) in [6, 6.07) is 2.26. The molecule has 0 amide bonds. The summed E-state index contributed by atoms with van der Waals surface area (Å²) in [5.41, 5.74) is 5.51. The molecule has 112 valence electrons. The van der Waals surface area contributed by atoms with Gasteiger partial charge in [-0.05, 0) is 24.6 Å². The number of ether oxygens (including phenoxy) is 3. The lowest BCUT2D eigenvalue weighted by Gasteiger charge is -2.22. The Labute approximate surface area is 115 Å². The van der Waals surface area contributed by atoms with Crippen LogP contribution in [-0.4, -0.2) is 32.7 Å². The quantitative estimate of drug-likeness (QED) is 0.810. The fourth-order valence-electron chi connectivity index (χ4n) is 1.61. The molecule has 1 rings (SSSR count). The number of rotatable bonds is 6. The monoisotopic (exact) mass is 289 g/mol. The molecule has 0 radical (unpaired) electrons. The molecular weight excluding hydrogens is 272 g/mol. The zero-order chi connectivity index (χ0) is 15.3. The number of alkyl halides is 2. The van der Waals surface area contributed by atoms with Gasteiger partial charge in [0.25, 0.3) is 0 Å². The first-order valence-electron chi connectivity index (χ1n) is 5.91. The maximum Gasteiger partial charge on any atom is 0.379 e. The normalized spacial score (nSPS) is 12.7. The lowest BCUT2D eigenvalue weighted by molar-refractivity contribution is -0.174. The number of carbonyl (C=O) groups excluding carboxylic acids is 1. The van der Waals surface area contributed by atoms with Crippen molar-refractivity contribution in [3.8, 4) is 11.5 Å². The summed E-state index contributed by atoms with van der Waals surface area (Å²) in [5, 5.41) is 0. The van der Waals surface area contributed by atoms with Crippen LogP contribution in [0.2, 0.25) is 0 Å². The molecule has 20 heavy (non-hydrogen) atoms. The minimum absolute atomic E-state index is 0.0423. The Bertz CT molecular complexity index is 479. The minimum Gasteiger partial charge on any atom is -0.493 e. The number of hydrogen-bond donors (Lipinski definition) is 1. The van der Waals surface area contributed by atoms with Crippen LogP contribution in [0, 0.1) is 0 Å². The molecule has 0 bridgehead atoms. The van der Waals surface area contributed by atoms with Crippen molar-refractivity contribution < 1.29 is 27.8 Å². The van der Waals surface area contributed by atoms with E-state index < -0.39 is 17.9 Å². The van der Waals surface area contributed by atoms with Gasteiger partial charge in [-0.25, -0.2) is 4.79 Å². The third kappa shape index (κ3) is 3.16. The molecule has 0 spiro atoms. The van der Waals surface area contributed by atoms with E-state index in [1.54, 1.807) is 0 Å². The number of carbonyl (C=O) groups is 1. The fourth-order valence-corrected chi connectivity index (χ4v) is 1.61. The lowest BCUT2D eigenvalue weighted by Crippen LogP contribution is -2.41. The van der Waals surface area contributed by atoms with Gasteiger partial charge in [0.2, 0.25) is 0 Å². The molecule has 0 aliphatic carbocycles. The molecule has 0 fully saturated rings. The molecule has 5 nitrogen and oxygen atoms in total. The Balaban J connectivity index is 3.08. The molecule has 7 heteroatoms. The van der Waals surface area contributed by atoms with Crippen molar-refractivity contribution >= 4 is 5.97 Å². The Morgan fingerprint density at radius 1 is 1.30 bits per heavy atom. The van der Waals surface area contributed by atoms with E-state index in [4.69, 9.17) is 15.2 Å². The second kappa shape index (κ2) is 6.51. The third-order valence-corrected chi connectivity index (χ3v) is 2.70. The largest absolute Gasteiger partial charge is 0.493 e. The van der Waals surface area contributed by atoms with Crippen LogP contribution in [0.1, 0.15) is 18.5 Å². The van der Waals surface area contributed by atoms with Gasteiger partial charge in [-0.2, -0.15) is 8.78 Å². The Hall–Kier alpha value is -1.89. The third-order valence-electron chi connectivity index (χ3n) is 2.70. The maximum atomic E-state index is 13.8. The van der Waals surface area contributed by atoms with Crippen molar-refractivity contribution in [3.63, 3.8) is 0 Å². The molecule has 0 saturated heterocycles. The predicted molar refractivity (Wildman–Crippen MR) is 68.1 cm³/mol. The van der Waals surface area contributed by atoms with Gasteiger partial charge in [-0.3, -0.25) is 0 Å². The number of benzene rings is 1. The average molecular weight is 289 g/mol. The highest BCUT2D eigenvalue weighted by Gasteiger charge is 2.47. The first kappa shape index (κ1) is 16.2. The Kier molecular flexibility index (Phi) is 5.26. The second-order valence-corrected chi connectivity index (χ2v) is 3.94. The molecule has 0 aromatic heterocycles. The first-order chi connectivity index (χ1) is 9.38. The van der Waals surface area contributed by atoms with Crippen LogP contribution in [0.3, 0.4) is 0 Å². The zero-order valence-electron chi connectivity index (χ0n) is 11.5. The highest BCUT2D eigenvalue weighted by molar-refractivity contribution is 5.79. The molecule has 0 aliphatic rings. The van der Waals surface area contributed by atoms with Crippen LogP contribution in [0.25, 0.3) is 0 Å². The summed E-state index contributed by atoms with van der Waals surface area (Å²) in [7, 11) is 2.79. The van der Waals surface area contributed by atoms with E-state index in [0.29, 0.717) is 5.75 Å². The van der Waals surface area contributed by atoms with Crippen LogP contribution < -0.4 is 15.2 Å². The molecule has 0 unspecified atom stereocenters. The summed E-state index contributed by atoms with van der Waals surface area (Å²) in [6.07, 6.45) is 0. The van der Waals surface area contributed by atoms with Gasteiger partial charge in [0, 0.05) is 0 Å². The Morgan fingerprint density at radius 3 is 2.40 bits per heavy atom. The van der Waals surface area contributed by atoms with Gasteiger partial charge in [-0.15, -0.1) is 0 Å². The van der Waals surface area contributed by atoms with Crippen molar-refractivity contribution in [3.05, 3.63) is 23.8 Å². The smallest absolute Gasteiger partial charge is 0.379 e. The van der Waals surface area contributed by atoms with E-state index in [0.717, 1.165) is 0 Å². The van der Waals surface area contributed by atoms with E-state index in [1.807, 2.05) is 0 Å². The Morgan fingerprint density at radius 2 is 1.90 bits per heavy atom. The summed E-state index contributed by atoms with van der Waals surface area (Å²) in [5.74, 6) is -4.85.